The van der Waals surface area contributed by atoms with Gasteiger partial charge in [0.25, 0.3) is 0 Å². The monoisotopic (exact) mass is 188 g/mol. The highest BCUT2D eigenvalue weighted by molar-refractivity contribution is 5.43. The van der Waals surface area contributed by atoms with Crippen LogP contribution in [0.3, 0.4) is 0 Å². The Morgan fingerprint density at radius 1 is 1.21 bits per heavy atom. The molecule has 0 bridgehead atoms. The van der Waals surface area contributed by atoms with Crippen molar-refractivity contribution in [2.45, 2.75) is 44.6 Å². The van der Waals surface area contributed by atoms with Gasteiger partial charge in [-0.05, 0) is 37.8 Å². The lowest BCUT2D eigenvalue weighted by atomic mass is 9.83. The van der Waals surface area contributed by atoms with Gasteiger partial charge in [-0.15, -0.1) is 0 Å². The smallest absolute Gasteiger partial charge is 0.123 e. The van der Waals surface area contributed by atoms with E-state index in [2.05, 4.69) is 25.1 Å². The summed E-state index contributed by atoms with van der Waals surface area (Å²) >= 11 is 0. The summed E-state index contributed by atoms with van der Waals surface area (Å²) in [5.74, 6) is 1.85. The fourth-order valence-corrected chi connectivity index (χ4v) is 2.81. The van der Waals surface area contributed by atoms with Gasteiger partial charge in [0.05, 0.1) is 0 Å². The molecule has 1 aromatic carbocycles. The average molecular weight is 188 g/mol. The molecule has 0 N–H and O–H groups in total. The predicted octanol–water partition coefficient (Wildman–Crippen LogP) is 3.41. The van der Waals surface area contributed by atoms with E-state index in [9.17, 15) is 0 Å². The minimum atomic E-state index is 0.487. The third-order valence-electron chi connectivity index (χ3n) is 3.55. The summed E-state index contributed by atoms with van der Waals surface area (Å²) in [5.41, 5.74) is 2.77. The molecule has 0 unspecified atom stereocenters. The lowest BCUT2D eigenvalue weighted by Gasteiger charge is -2.23. The van der Waals surface area contributed by atoms with Crippen molar-refractivity contribution in [1.82, 2.24) is 0 Å². The third-order valence-corrected chi connectivity index (χ3v) is 3.55. The second-order valence-electron chi connectivity index (χ2n) is 4.59. The summed E-state index contributed by atoms with van der Waals surface area (Å²) in [5, 5.41) is 0. The zero-order valence-corrected chi connectivity index (χ0v) is 8.62. The van der Waals surface area contributed by atoms with E-state index in [1.54, 1.807) is 0 Å². The molecule has 74 valence electrons. The van der Waals surface area contributed by atoms with Crippen LogP contribution in [0.4, 0.5) is 0 Å². The molecule has 1 aromatic rings. The number of hydrogen-bond donors (Lipinski definition) is 0. The predicted molar refractivity (Wildman–Crippen MR) is 56.8 cm³/mol. The summed E-state index contributed by atoms with van der Waals surface area (Å²) in [4.78, 5) is 0. The fourth-order valence-electron chi connectivity index (χ4n) is 2.81. The Bertz CT molecular complexity index is 356. The largest absolute Gasteiger partial charge is 0.489 e. The first kappa shape index (κ1) is 8.34. The molecule has 0 aromatic heterocycles. The van der Waals surface area contributed by atoms with Crippen LogP contribution in [0, 0.1) is 6.92 Å². The van der Waals surface area contributed by atoms with Gasteiger partial charge in [-0.1, -0.05) is 18.6 Å². The lowest BCUT2D eigenvalue weighted by molar-refractivity contribution is 0.164. The van der Waals surface area contributed by atoms with Gasteiger partial charge in [0.2, 0.25) is 0 Å². The van der Waals surface area contributed by atoms with Crippen molar-refractivity contribution in [3.05, 3.63) is 29.3 Å². The van der Waals surface area contributed by atoms with E-state index in [-0.39, 0.29) is 0 Å². The summed E-state index contributed by atoms with van der Waals surface area (Å²) in [6.07, 6.45) is 5.77. The van der Waals surface area contributed by atoms with Gasteiger partial charge in [0.1, 0.15) is 11.9 Å². The van der Waals surface area contributed by atoms with Gasteiger partial charge >= 0.3 is 0 Å². The highest BCUT2D eigenvalue weighted by Crippen LogP contribution is 2.45. The summed E-state index contributed by atoms with van der Waals surface area (Å²) in [7, 11) is 0. The minimum absolute atomic E-state index is 0.487. The van der Waals surface area contributed by atoms with E-state index in [1.807, 2.05) is 0 Å². The SMILES string of the molecule is Cc1ccc2c(c1)O[C@H]1CCCC[C@@H]21. The molecule has 1 aliphatic heterocycles. The van der Waals surface area contributed by atoms with Gasteiger partial charge < -0.3 is 4.74 Å². The van der Waals surface area contributed by atoms with Gasteiger partial charge in [0, 0.05) is 11.5 Å². The molecule has 0 saturated heterocycles. The second kappa shape index (κ2) is 3.01. The first-order valence-electron chi connectivity index (χ1n) is 5.62. The van der Waals surface area contributed by atoms with Gasteiger partial charge in [-0.25, -0.2) is 0 Å². The van der Waals surface area contributed by atoms with Crippen LogP contribution in [-0.2, 0) is 0 Å². The highest BCUT2D eigenvalue weighted by Gasteiger charge is 2.35. The standard InChI is InChI=1S/C13H16O/c1-9-6-7-11-10-4-2-3-5-12(10)14-13(11)8-9/h6-8,10,12H,2-5H2,1H3/t10-,12-/m0/s1. The molecule has 0 radical (unpaired) electrons. The number of benzene rings is 1. The molecule has 1 aliphatic carbocycles. The highest BCUT2D eigenvalue weighted by atomic mass is 16.5. The Balaban J connectivity index is 2.01. The molecule has 1 heteroatoms. The normalized spacial score (nSPS) is 29.2. The van der Waals surface area contributed by atoms with E-state index in [1.165, 1.54) is 36.8 Å². The topological polar surface area (TPSA) is 9.23 Å². The first-order valence-corrected chi connectivity index (χ1v) is 5.62. The molecule has 1 nitrogen and oxygen atoms in total. The molecule has 14 heavy (non-hydrogen) atoms. The molecular weight excluding hydrogens is 172 g/mol. The Morgan fingerprint density at radius 3 is 3.00 bits per heavy atom. The Hall–Kier alpha value is -0.980. The summed E-state index contributed by atoms with van der Waals surface area (Å²) < 4.78 is 5.99. The van der Waals surface area contributed by atoms with E-state index >= 15 is 0 Å². The number of hydrogen-bond acceptors (Lipinski definition) is 1. The maximum atomic E-state index is 5.99. The maximum absolute atomic E-state index is 5.99. The van der Waals surface area contributed by atoms with Crippen molar-refractivity contribution in [1.29, 1.82) is 0 Å². The van der Waals surface area contributed by atoms with Crippen LogP contribution in [0.25, 0.3) is 0 Å². The zero-order valence-electron chi connectivity index (χ0n) is 8.62. The number of fused-ring (bicyclic) bond motifs is 3. The van der Waals surface area contributed by atoms with Crippen molar-refractivity contribution in [3.8, 4) is 5.75 Å². The molecule has 1 saturated carbocycles. The molecule has 0 amide bonds. The summed E-state index contributed by atoms with van der Waals surface area (Å²) in [6, 6.07) is 6.66. The molecule has 2 atom stereocenters. The number of rotatable bonds is 0. The number of aryl methyl sites for hydroxylation is 1. The van der Waals surface area contributed by atoms with Crippen molar-refractivity contribution in [3.63, 3.8) is 0 Å². The van der Waals surface area contributed by atoms with E-state index in [4.69, 9.17) is 4.74 Å². The molecule has 1 heterocycles. The van der Waals surface area contributed by atoms with Crippen LogP contribution < -0.4 is 4.74 Å². The van der Waals surface area contributed by atoms with Crippen LogP contribution in [-0.4, -0.2) is 6.10 Å². The van der Waals surface area contributed by atoms with Crippen molar-refractivity contribution in [2.75, 3.05) is 0 Å². The van der Waals surface area contributed by atoms with Crippen molar-refractivity contribution in [2.24, 2.45) is 0 Å². The van der Waals surface area contributed by atoms with Gasteiger partial charge in [-0.3, -0.25) is 0 Å². The Morgan fingerprint density at radius 2 is 2.07 bits per heavy atom. The lowest BCUT2D eigenvalue weighted by Crippen LogP contribution is -2.22. The van der Waals surface area contributed by atoms with Crippen molar-refractivity contribution >= 4 is 0 Å². The third kappa shape index (κ3) is 1.15. The Labute approximate surface area is 85.1 Å². The quantitative estimate of drug-likeness (QED) is 0.606. The maximum Gasteiger partial charge on any atom is 0.123 e. The fraction of sp³-hybridized carbons (Fsp3) is 0.538. The molecule has 1 fully saturated rings. The van der Waals surface area contributed by atoms with Crippen LogP contribution in [0.5, 0.6) is 5.75 Å². The van der Waals surface area contributed by atoms with E-state index in [0.29, 0.717) is 12.0 Å². The van der Waals surface area contributed by atoms with Crippen molar-refractivity contribution < 1.29 is 4.74 Å². The number of ether oxygens (including phenoxy) is 1. The van der Waals surface area contributed by atoms with Crippen LogP contribution in [0.15, 0.2) is 18.2 Å². The zero-order chi connectivity index (χ0) is 9.54. The molecular formula is C13H16O. The first-order chi connectivity index (χ1) is 6.84. The van der Waals surface area contributed by atoms with E-state index < -0.39 is 0 Å². The van der Waals surface area contributed by atoms with Gasteiger partial charge in [-0.2, -0.15) is 0 Å². The Kier molecular flexibility index (Phi) is 1.79. The second-order valence-corrected chi connectivity index (χ2v) is 4.59. The van der Waals surface area contributed by atoms with Gasteiger partial charge in [0.15, 0.2) is 0 Å². The minimum Gasteiger partial charge on any atom is -0.489 e. The molecule has 0 spiro atoms. The van der Waals surface area contributed by atoms with E-state index in [0.717, 1.165) is 5.75 Å². The summed E-state index contributed by atoms with van der Waals surface area (Å²) in [6.45, 7) is 2.13. The van der Waals surface area contributed by atoms with Crippen LogP contribution in [0.1, 0.15) is 42.7 Å². The average Bonchev–Trinajstić information content (AvgIpc) is 2.54. The molecule has 3 rings (SSSR count). The van der Waals surface area contributed by atoms with Crippen LogP contribution in [0.2, 0.25) is 0 Å². The van der Waals surface area contributed by atoms with Crippen LogP contribution >= 0.6 is 0 Å². The molecule has 2 aliphatic rings.